The highest BCUT2D eigenvalue weighted by atomic mass is 35.5. The van der Waals surface area contributed by atoms with Gasteiger partial charge in [-0.15, -0.1) is 0 Å². The van der Waals surface area contributed by atoms with Crippen LogP contribution in [0.15, 0.2) is 67.0 Å². The fourth-order valence-corrected chi connectivity index (χ4v) is 4.01. The van der Waals surface area contributed by atoms with Crippen LogP contribution in [0, 0.1) is 17.1 Å². The molecule has 0 fully saturated rings. The second-order valence-electron chi connectivity index (χ2n) is 7.90. The number of halogens is 2. The summed E-state index contributed by atoms with van der Waals surface area (Å²) in [6.45, 7) is 0.359. The Morgan fingerprint density at radius 2 is 1.92 bits per heavy atom. The third-order valence-corrected chi connectivity index (χ3v) is 5.99. The van der Waals surface area contributed by atoms with Gasteiger partial charge in [-0.25, -0.2) is 24.0 Å². The van der Waals surface area contributed by atoms with Crippen molar-refractivity contribution in [2.45, 2.75) is 6.54 Å². The zero-order valence-electron chi connectivity index (χ0n) is 19.4. The largest absolute Gasteiger partial charge is 0.497 e. The molecule has 2 aromatic carbocycles. The molecule has 10 heteroatoms. The van der Waals surface area contributed by atoms with Gasteiger partial charge in [0.1, 0.15) is 23.0 Å². The molecule has 36 heavy (non-hydrogen) atoms. The number of methoxy groups -OCH3 is 1. The van der Waals surface area contributed by atoms with E-state index in [2.05, 4.69) is 21.1 Å². The number of anilines is 2. The lowest BCUT2D eigenvalue weighted by molar-refractivity contribution is 0.414. The number of benzene rings is 2. The van der Waals surface area contributed by atoms with Crippen LogP contribution in [-0.4, -0.2) is 38.9 Å². The summed E-state index contributed by atoms with van der Waals surface area (Å²) >= 11 is 6.05. The van der Waals surface area contributed by atoms with Crippen LogP contribution >= 0.6 is 11.6 Å². The lowest BCUT2D eigenvalue weighted by Gasteiger charge is -2.17. The molecule has 0 saturated carbocycles. The summed E-state index contributed by atoms with van der Waals surface area (Å²) in [6, 6.07) is 17.8. The van der Waals surface area contributed by atoms with Crippen LogP contribution in [0.5, 0.6) is 5.75 Å². The number of nitriles is 1. The molecule has 0 aliphatic heterocycles. The van der Waals surface area contributed by atoms with Gasteiger partial charge in [0.15, 0.2) is 23.1 Å². The summed E-state index contributed by atoms with van der Waals surface area (Å²) in [5.41, 5.74) is 2.76. The van der Waals surface area contributed by atoms with E-state index in [0.717, 1.165) is 11.3 Å². The highest BCUT2D eigenvalue weighted by Gasteiger charge is 2.21. The molecule has 5 rings (SSSR count). The van der Waals surface area contributed by atoms with E-state index in [1.165, 1.54) is 6.07 Å². The van der Waals surface area contributed by atoms with Gasteiger partial charge in [0, 0.05) is 18.8 Å². The molecule has 0 radical (unpaired) electrons. The first-order valence-corrected chi connectivity index (χ1v) is 11.3. The van der Waals surface area contributed by atoms with Crippen LogP contribution in [-0.2, 0) is 6.54 Å². The number of hydrogen-bond acceptors (Lipinski definition) is 7. The molecule has 0 bridgehead atoms. The van der Waals surface area contributed by atoms with Gasteiger partial charge in [0.25, 0.3) is 0 Å². The summed E-state index contributed by atoms with van der Waals surface area (Å²) in [5, 5.41) is 14.2. The molecule has 3 aromatic heterocycles. The van der Waals surface area contributed by atoms with Crippen molar-refractivity contribution in [1.82, 2.24) is 24.7 Å². The Bertz CT molecular complexity index is 1610. The van der Waals surface area contributed by atoms with Gasteiger partial charge < -0.3 is 9.64 Å². The molecule has 8 nitrogen and oxygen atoms in total. The van der Waals surface area contributed by atoms with Crippen LogP contribution in [0.25, 0.3) is 22.4 Å². The second kappa shape index (κ2) is 9.60. The molecule has 0 unspecified atom stereocenters. The number of fused-ring (bicyclic) bond motifs is 1. The number of aromatic nitrogens is 5. The molecule has 0 aliphatic rings. The third kappa shape index (κ3) is 4.19. The van der Waals surface area contributed by atoms with E-state index in [1.807, 2.05) is 24.3 Å². The van der Waals surface area contributed by atoms with Crippen molar-refractivity contribution < 1.29 is 9.13 Å². The molecule has 0 saturated heterocycles. The zero-order valence-corrected chi connectivity index (χ0v) is 20.1. The standard InChI is InChI=1S/C26H19ClFN7O/c1-34(25-17(13-29)5-4-12-30-25)21-14-31-24-23(19-6-3-7-20(27)22(19)28)33-35(26(24)32-21)15-16-8-10-18(36-2)11-9-16/h3-12,14H,15H2,1-2H3. The summed E-state index contributed by atoms with van der Waals surface area (Å²) in [7, 11) is 3.36. The van der Waals surface area contributed by atoms with E-state index >= 15 is 0 Å². The highest BCUT2D eigenvalue weighted by molar-refractivity contribution is 6.31. The monoisotopic (exact) mass is 499 g/mol. The van der Waals surface area contributed by atoms with Crippen molar-refractivity contribution in [2.24, 2.45) is 0 Å². The summed E-state index contributed by atoms with van der Waals surface area (Å²) in [6.07, 6.45) is 3.15. The van der Waals surface area contributed by atoms with Gasteiger partial charge in [-0.3, -0.25) is 0 Å². The number of pyridine rings is 1. The van der Waals surface area contributed by atoms with E-state index < -0.39 is 5.82 Å². The quantitative estimate of drug-likeness (QED) is 0.310. The van der Waals surface area contributed by atoms with Crippen LogP contribution in [0.4, 0.5) is 16.0 Å². The maximum absolute atomic E-state index is 15.0. The average Bonchev–Trinajstić information content (AvgIpc) is 3.27. The lowest BCUT2D eigenvalue weighted by Crippen LogP contribution is -2.15. The van der Waals surface area contributed by atoms with Crippen LogP contribution in [0.1, 0.15) is 11.1 Å². The maximum Gasteiger partial charge on any atom is 0.179 e. The molecule has 5 aromatic rings. The summed E-state index contributed by atoms with van der Waals surface area (Å²) in [5.74, 6) is 1.05. The molecule has 3 heterocycles. The van der Waals surface area contributed by atoms with Crippen LogP contribution in [0.2, 0.25) is 5.02 Å². The third-order valence-electron chi connectivity index (χ3n) is 5.70. The van der Waals surface area contributed by atoms with Gasteiger partial charge in [-0.2, -0.15) is 10.4 Å². The number of nitrogens with zero attached hydrogens (tertiary/aromatic N) is 7. The van der Waals surface area contributed by atoms with Crippen molar-refractivity contribution in [1.29, 1.82) is 5.26 Å². The Morgan fingerprint density at radius 1 is 1.11 bits per heavy atom. The highest BCUT2D eigenvalue weighted by Crippen LogP contribution is 2.33. The Labute approximate surface area is 211 Å². The fraction of sp³-hybridized carbons (Fsp3) is 0.115. The predicted molar refractivity (Wildman–Crippen MR) is 135 cm³/mol. The van der Waals surface area contributed by atoms with Crippen molar-refractivity contribution in [2.75, 3.05) is 19.1 Å². The minimum Gasteiger partial charge on any atom is -0.497 e. The normalized spacial score (nSPS) is 10.9. The lowest BCUT2D eigenvalue weighted by atomic mass is 10.1. The minimum atomic E-state index is -0.578. The molecule has 0 amide bonds. The van der Waals surface area contributed by atoms with E-state index in [-0.39, 0.29) is 10.6 Å². The molecule has 0 aliphatic carbocycles. The second-order valence-corrected chi connectivity index (χ2v) is 8.31. The first kappa shape index (κ1) is 23.2. The molecule has 178 valence electrons. The van der Waals surface area contributed by atoms with Gasteiger partial charge in [-0.1, -0.05) is 29.8 Å². The summed E-state index contributed by atoms with van der Waals surface area (Å²) < 4.78 is 21.9. The smallest absolute Gasteiger partial charge is 0.179 e. The van der Waals surface area contributed by atoms with E-state index in [4.69, 9.17) is 21.3 Å². The van der Waals surface area contributed by atoms with Crippen molar-refractivity contribution in [3.63, 3.8) is 0 Å². The maximum atomic E-state index is 15.0. The number of rotatable bonds is 6. The van der Waals surface area contributed by atoms with Crippen LogP contribution < -0.4 is 9.64 Å². The molecule has 0 N–H and O–H groups in total. The Balaban J connectivity index is 1.66. The van der Waals surface area contributed by atoms with Crippen molar-refractivity contribution >= 4 is 34.4 Å². The number of ether oxygens (including phenoxy) is 1. The van der Waals surface area contributed by atoms with Gasteiger partial charge in [-0.05, 0) is 42.0 Å². The van der Waals surface area contributed by atoms with Crippen molar-refractivity contribution in [3.8, 4) is 23.1 Å². The average molecular weight is 500 g/mol. The van der Waals surface area contributed by atoms with Gasteiger partial charge in [0.05, 0.1) is 30.4 Å². The van der Waals surface area contributed by atoms with Crippen molar-refractivity contribution in [3.05, 3.63) is 89.0 Å². The fourth-order valence-electron chi connectivity index (χ4n) is 3.84. The topological polar surface area (TPSA) is 92.8 Å². The van der Waals surface area contributed by atoms with Crippen LogP contribution in [0.3, 0.4) is 0 Å². The Hall–Kier alpha value is -4.55. The molecular formula is C26H19ClFN7O. The predicted octanol–water partition coefficient (Wildman–Crippen LogP) is 5.38. The zero-order chi connectivity index (χ0) is 25.2. The Morgan fingerprint density at radius 3 is 2.67 bits per heavy atom. The molecule has 0 atom stereocenters. The SMILES string of the molecule is COc1ccc(Cn2nc(-c3cccc(Cl)c3F)c3ncc(N(C)c4ncccc4C#N)nc32)cc1. The van der Waals surface area contributed by atoms with E-state index in [0.29, 0.717) is 40.6 Å². The molecule has 0 spiro atoms. The van der Waals surface area contributed by atoms with Gasteiger partial charge in [0.2, 0.25) is 0 Å². The first-order chi connectivity index (χ1) is 17.5. The molecular weight excluding hydrogens is 481 g/mol. The number of hydrogen-bond donors (Lipinski definition) is 0. The summed E-state index contributed by atoms with van der Waals surface area (Å²) in [4.78, 5) is 15.4. The Kier molecular flexibility index (Phi) is 6.19. The first-order valence-electron chi connectivity index (χ1n) is 10.9. The van der Waals surface area contributed by atoms with Gasteiger partial charge >= 0.3 is 0 Å². The minimum absolute atomic E-state index is 0.00569. The van der Waals surface area contributed by atoms with E-state index in [1.54, 1.807) is 60.4 Å². The van der Waals surface area contributed by atoms with E-state index in [9.17, 15) is 9.65 Å².